The fourth-order valence-corrected chi connectivity index (χ4v) is 3.02. The lowest BCUT2D eigenvalue weighted by Gasteiger charge is -2.09. The van der Waals surface area contributed by atoms with Crippen LogP contribution >= 0.6 is 11.8 Å². The Morgan fingerprint density at radius 2 is 2.03 bits per heavy atom. The van der Waals surface area contributed by atoms with Crippen molar-refractivity contribution < 1.29 is 27.1 Å². The average Bonchev–Trinajstić information content (AvgIpc) is 3.10. The third-order valence-corrected chi connectivity index (χ3v) is 4.78. The molecule has 1 N–H and O–H groups in total. The molecule has 3 aromatic rings. The Kier molecular flexibility index (Phi) is 6.45. The van der Waals surface area contributed by atoms with Crippen LogP contribution in [-0.4, -0.2) is 27.3 Å². The number of halogens is 3. The summed E-state index contributed by atoms with van der Waals surface area (Å²) in [4.78, 5) is 24.0. The second-order valence-corrected chi connectivity index (χ2v) is 6.94. The van der Waals surface area contributed by atoms with Gasteiger partial charge in [0.05, 0.1) is 11.3 Å². The van der Waals surface area contributed by atoms with Gasteiger partial charge in [0, 0.05) is 18.8 Å². The van der Waals surface area contributed by atoms with Crippen LogP contribution in [0.15, 0.2) is 57.3 Å². The summed E-state index contributed by atoms with van der Waals surface area (Å²) in [7, 11) is 1.78. The van der Waals surface area contributed by atoms with Gasteiger partial charge in [-0.1, -0.05) is 11.8 Å². The molecule has 0 aliphatic rings. The minimum atomic E-state index is -4.46. The standard InChI is InChI=1S/C18H15F3N4O4S/c1-25-10-22-24-17(25)30-9-13-6-14(26)15(7-28-13)29-8-16(27)23-12-4-2-11(3-5-12)18(19,20)21/h2-7,10H,8-9H2,1H3,(H,23,27). The van der Waals surface area contributed by atoms with Gasteiger partial charge in [-0.05, 0) is 24.3 Å². The van der Waals surface area contributed by atoms with Crippen molar-refractivity contribution in [3.63, 3.8) is 0 Å². The summed E-state index contributed by atoms with van der Waals surface area (Å²) in [6, 6.07) is 5.19. The zero-order valence-corrected chi connectivity index (χ0v) is 16.3. The van der Waals surface area contributed by atoms with Crippen molar-refractivity contribution in [3.05, 3.63) is 64.5 Å². The third kappa shape index (κ3) is 5.63. The predicted molar refractivity (Wildman–Crippen MR) is 101 cm³/mol. The molecule has 12 heteroatoms. The van der Waals surface area contributed by atoms with Crippen LogP contribution in [0.5, 0.6) is 5.75 Å². The van der Waals surface area contributed by atoms with Gasteiger partial charge in [0.15, 0.2) is 11.8 Å². The first-order chi connectivity index (χ1) is 14.2. The van der Waals surface area contributed by atoms with Gasteiger partial charge in [-0.15, -0.1) is 10.2 Å². The number of alkyl halides is 3. The van der Waals surface area contributed by atoms with Crippen LogP contribution in [0.2, 0.25) is 0 Å². The first-order valence-electron chi connectivity index (χ1n) is 8.41. The molecule has 8 nitrogen and oxygen atoms in total. The van der Waals surface area contributed by atoms with Crippen LogP contribution in [0.4, 0.5) is 18.9 Å². The molecule has 0 unspecified atom stereocenters. The number of anilines is 1. The summed E-state index contributed by atoms with van der Waals surface area (Å²) in [6.45, 7) is -0.515. The number of aryl methyl sites for hydroxylation is 1. The fraction of sp³-hybridized carbons (Fsp3) is 0.222. The van der Waals surface area contributed by atoms with E-state index in [0.29, 0.717) is 16.7 Å². The second kappa shape index (κ2) is 9.03. The van der Waals surface area contributed by atoms with Crippen LogP contribution in [0.3, 0.4) is 0 Å². The minimum Gasteiger partial charge on any atom is -0.477 e. The Morgan fingerprint density at radius 1 is 1.30 bits per heavy atom. The van der Waals surface area contributed by atoms with Crippen molar-refractivity contribution in [2.75, 3.05) is 11.9 Å². The van der Waals surface area contributed by atoms with Crippen molar-refractivity contribution >= 4 is 23.4 Å². The Hall–Kier alpha value is -3.28. The molecule has 0 saturated heterocycles. The Bertz CT molecular complexity index is 1080. The van der Waals surface area contributed by atoms with E-state index in [1.807, 2.05) is 0 Å². The van der Waals surface area contributed by atoms with E-state index < -0.39 is 29.7 Å². The van der Waals surface area contributed by atoms with E-state index in [2.05, 4.69) is 15.5 Å². The quantitative estimate of drug-likeness (QED) is 0.564. The molecule has 3 rings (SSSR count). The van der Waals surface area contributed by atoms with Crippen molar-refractivity contribution in [2.45, 2.75) is 17.1 Å². The number of aromatic nitrogens is 3. The van der Waals surface area contributed by atoms with Crippen molar-refractivity contribution in [2.24, 2.45) is 7.05 Å². The number of nitrogens with one attached hydrogen (secondary N) is 1. The molecule has 1 amide bonds. The molecule has 30 heavy (non-hydrogen) atoms. The highest BCUT2D eigenvalue weighted by atomic mass is 32.2. The zero-order valence-electron chi connectivity index (χ0n) is 15.5. The highest BCUT2D eigenvalue weighted by molar-refractivity contribution is 7.98. The average molecular weight is 440 g/mol. The molecular formula is C18H15F3N4O4S. The largest absolute Gasteiger partial charge is 0.477 e. The first-order valence-corrected chi connectivity index (χ1v) is 9.39. The van der Waals surface area contributed by atoms with Gasteiger partial charge in [-0.2, -0.15) is 13.2 Å². The minimum absolute atomic E-state index is 0.162. The molecule has 0 spiro atoms. The maximum atomic E-state index is 12.5. The van der Waals surface area contributed by atoms with Crippen molar-refractivity contribution in [1.29, 1.82) is 0 Å². The van der Waals surface area contributed by atoms with E-state index in [-0.39, 0.29) is 11.4 Å². The smallest absolute Gasteiger partial charge is 0.416 e. The summed E-state index contributed by atoms with van der Waals surface area (Å²) in [5.41, 5.74) is -1.14. The topological polar surface area (TPSA) is 99.3 Å². The van der Waals surface area contributed by atoms with Crippen LogP contribution in [0, 0.1) is 0 Å². The van der Waals surface area contributed by atoms with Gasteiger partial charge in [0.2, 0.25) is 11.2 Å². The molecule has 1 aromatic carbocycles. The van der Waals surface area contributed by atoms with Gasteiger partial charge in [0.1, 0.15) is 18.4 Å². The van der Waals surface area contributed by atoms with Crippen LogP contribution in [-0.2, 0) is 23.8 Å². The fourth-order valence-electron chi connectivity index (χ4n) is 2.24. The molecule has 0 bridgehead atoms. The number of carbonyl (C=O) groups is 1. The molecule has 2 aromatic heterocycles. The number of ether oxygens (including phenoxy) is 1. The van der Waals surface area contributed by atoms with Crippen LogP contribution < -0.4 is 15.5 Å². The Morgan fingerprint density at radius 3 is 2.63 bits per heavy atom. The van der Waals surface area contributed by atoms with E-state index in [9.17, 15) is 22.8 Å². The van der Waals surface area contributed by atoms with E-state index in [1.165, 1.54) is 17.8 Å². The molecule has 158 valence electrons. The van der Waals surface area contributed by atoms with E-state index in [0.717, 1.165) is 30.5 Å². The molecule has 0 atom stereocenters. The maximum absolute atomic E-state index is 12.5. The molecule has 0 radical (unpaired) electrons. The lowest BCUT2D eigenvalue weighted by molar-refractivity contribution is -0.137. The summed E-state index contributed by atoms with van der Waals surface area (Å²) in [5, 5.41) is 10.7. The highest BCUT2D eigenvalue weighted by Gasteiger charge is 2.30. The van der Waals surface area contributed by atoms with Gasteiger partial charge >= 0.3 is 6.18 Å². The van der Waals surface area contributed by atoms with Crippen molar-refractivity contribution in [3.8, 4) is 5.75 Å². The maximum Gasteiger partial charge on any atom is 0.416 e. The van der Waals surface area contributed by atoms with E-state index >= 15 is 0 Å². The molecular weight excluding hydrogens is 425 g/mol. The summed E-state index contributed by atoms with van der Waals surface area (Å²) < 4.78 is 49.8. The predicted octanol–water partition coefficient (Wildman–Crippen LogP) is 3.10. The van der Waals surface area contributed by atoms with Crippen LogP contribution in [0.1, 0.15) is 11.3 Å². The summed E-state index contributed by atoms with van der Waals surface area (Å²) in [6.07, 6.45) is -1.82. The molecule has 2 heterocycles. The molecule has 0 aliphatic heterocycles. The lowest BCUT2D eigenvalue weighted by atomic mass is 10.2. The lowest BCUT2D eigenvalue weighted by Crippen LogP contribution is -2.22. The Labute approximate surface area is 172 Å². The van der Waals surface area contributed by atoms with Gasteiger partial charge in [-0.25, -0.2) is 0 Å². The second-order valence-electron chi connectivity index (χ2n) is 6.00. The zero-order chi connectivity index (χ0) is 21.7. The van der Waals surface area contributed by atoms with Crippen molar-refractivity contribution in [1.82, 2.24) is 14.8 Å². The number of carbonyl (C=O) groups excluding carboxylic acids is 1. The third-order valence-electron chi connectivity index (χ3n) is 3.72. The van der Waals surface area contributed by atoms with E-state index in [1.54, 1.807) is 17.9 Å². The number of amides is 1. The summed E-state index contributed by atoms with van der Waals surface area (Å²) >= 11 is 1.32. The molecule has 0 aliphatic carbocycles. The number of thioether (sulfide) groups is 1. The normalized spacial score (nSPS) is 11.3. The number of nitrogens with zero attached hydrogens (tertiary/aromatic N) is 3. The molecule has 0 saturated carbocycles. The van der Waals surface area contributed by atoms with Gasteiger partial charge < -0.3 is 19.0 Å². The highest BCUT2D eigenvalue weighted by Crippen LogP contribution is 2.29. The number of hydrogen-bond acceptors (Lipinski definition) is 7. The van der Waals surface area contributed by atoms with Gasteiger partial charge in [-0.3, -0.25) is 9.59 Å². The summed E-state index contributed by atoms with van der Waals surface area (Å²) in [5.74, 6) is -0.0770. The number of benzene rings is 1. The van der Waals surface area contributed by atoms with Gasteiger partial charge in [0.25, 0.3) is 5.91 Å². The van der Waals surface area contributed by atoms with Crippen LogP contribution in [0.25, 0.3) is 0 Å². The molecule has 0 fully saturated rings. The number of hydrogen-bond donors (Lipinski definition) is 1. The van der Waals surface area contributed by atoms with E-state index in [4.69, 9.17) is 9.15 Å². The first kappa shape index (κ1) is 21.4. The Balaban J connectivity index is 1.52. The number of rotatable bonds is 7. The monoisotopic (exact) mass is 440 g/mol. The SMILES string of the molecule is Cn1cnnc1SCc1cc(=O)c(OCC(=O)Nc2ccc(C(F)(F)F)cc2)co1.